The van der Waals surface area contributed by atoms with Gasteiger partial charge in [-0.1, -0.05) is 41.9 Å². The second kappa shape index (κ2) is 12.1. The Balaban J connectivity index is 1.11. The molecule has 0 aliphatic carbocycles. The summed E-state index contributed by atoms with van der Waals surface area (Å²) in [5.41, 5.74) is 5.01. The molecule has 1 saturated heterocycles. The van der Waals surface area contributed by atoms with Crippen molar-refractivity contribution < 1.29 is 9.53 Å². The SMILES string of the molecule is O=C(NCc1nn(C2CCCCO2)c2ccc(Cl)cc12)c1cn(Cc2ccc(Cn3ccccc3=O)cc2)c2ncccc12. The summed E-state index contributed by atoms with van der Waals surface area (Å²) in [5, 5.41) is 10.2. The summed E-state index contributed by atoms with van der Waals surface area (Å²) in [6.45, 7) is 2.00. The van der Waals surface area contributed by atoms with Gasteiger partial charge < -0.3 is 19.2 Å². The van der Waals surface area contributed by atoms with Gasteiger partial charge in [0.05, 0.1) is 29.9 Å². The van der Waals surface area contributed by atoms with E-state index in [0.29, 0.717) is 30.3 Å². The summed E-state index contributed by atoms with van der Waals surface area (Å²) in [6.07, 6.45) is 8.28. The van der Waals surface area contributed by atoms with E-state index in [1.807, 2.05) is 76.1 Å². The van der Waals surface area contributed by atoms with E-state index in [1.54, 1.807) is 29.1 Å². The second-order valence-corrected chi connectivity index (χ2v) is 11.5. The number of aromatic nitrogens is 5. The number of carbonyl (C=O) groups is 1. The maximum absolute atomic E-state index is 13.6. The van der Waals surface area contributed by atoms with E-state index in [0.717, 1.165) is 58.0 Å². The van der Waals surface area contributed by atoms with Crippen molar-refractivity contribution in [3.05, 3.63) is 129 Å². The number of rotatable bonds is 8. The molecule has 44 heavy (non-hydrogen) atoms. The summed E-state index contributed by atoms with van der Waals surface area (Å²) >= 11 is 6.35. The Bertz CT molecular complexity index is 2020. The van der Waals surface area contributed by atoms with Crippen LogP contribution >= 0.6 is 11.6 Å². The number of hydrogen-bond acceptors (Lipinski definition) is 5. The third-order valence-electron chi connectivity index (χ3n) is 8.10. The average Bonchev–Trinajstić information content (AvgIpc) is 3.60. The number of halogens is 1. The third-order valence-corrected chi connectivity index (χ3v) is 8.33. The Morgan fingerprint density at radius 1 is 0.955 bits per heavy atom. The molecule has 1 aliphatic heterocycles. The molecular weight excluding hydrogens is 576 g/mol. The molecule has 1 unspecified atom stereocenters. The molecule has 2 aromatic carbocycles. The zero-order valence-corrected chi connectivity index (χ0v) is 24.8. The Morgan fingerprint density at radius 2 is 1.77 bits per heavy atom. The van der Waals surface area contributed by atoms with Gasteiger partial charge in [-0.05, 0) is 66.8 Å². The first-order valence-corrected chi connectivity index (χ1v) is 15.1. The van der Waals surface area contributed by atoms with Gasteiger partial charge in [-0.15, -0.1) is 0 Å². The van der Waals surface area contributed by atoms with E-state index in [4.69, 9.17) is 21.4 Å². The number of ether oxygens (including phenoxy) is 1. The van der Waals surface area contributed by atoms with Crippen LogP contribution in [0, 0.1) is 0 Å². The zero-order valence-electron chi connectivity index (χ0n) is 24.0. The molecule has 1 N–H and O–H groups in total. The Morgan fingerprint density at radius 3 is 2.55 bits per heavy atom. The molecule has 7 rings (SSSR count). The summed E-state index contributed by atoms with van der Waals surface area (Å²) in [5.74, 6) is -0.205. The summed E-state index contributed by atoms with van der Waals surface area (Å²) in [6, 6.07) is 22.7. The van der Waals surface area contributed by atoms with Gasteiger partial charge >= 0.3 is 0 Å². The van der Waals surface area contributed by atoms with E-state index in [2.05, 4.69) is 10.3 Å². The van der Waals surface area contributed by atoms with Crippen LogP contribution in [0.4, 0.5) is 0 Å². The quantitative estimate of drug-likeness (QED) is 0.232. The number of amides is 1. The largest absolute Gasteiger partial charge is 0.356 e. The minimum Gasteiger partial charge on any atom is -0.356 e. The van der Waals surface area contributed by atoms with Crippen LogP contribution in [0.1, 0.15) is 52.7 Å². The standard InChI is InChI=1S/C34H31ClN6O3/c35-25-13-14-30-27(18-25)29(38-41(30)32-8-2-4-17-44-32)19-37-34(43)28-22-40(33-26(28)6-5-15-36-33)21-24-11-9-23(10-12-24)20-39-16-3-1-7-31(39)42/h1,3,5-7,9-16,18,22,32H,2,4,8,17,19-21H2,(H,37,43). The van der Waals surface area contributed by atoms with Crippen molar-refractivity contribution in [3.63, 3.8) is 0 Å². The Labute approximate surface area is 258 Å². The zero-order chi connectivity index (χ0) is 30.0. The number of pyridine rings is 2. The van der Waals surface area contributed by atoms with Crippen LogP contribution < -0.4 is 10.9 Å². The second-order valence-electron chi connectivity index (χ2n) is 11.1. The van der Waals surface area contributed by atoms with Gasteiger partial charge in [-0.25, -0.2) is 9.67 Å². The molecule has 9 nitrogen and oxygen atoms in total. The summed E-state index contributed by atoms with van der Waals surface area (Å²) < 4.78 is 11.6. The van der Waals surface area contributed by atoms with Gasteiger partial charge in [0.1, 0.15) is 5.65 Å². The molecule has 0 radical (unpaired) electrons. The van der Waals surface area contributed by atoms with E-state index in [-0.39, 0.29) is 24.2 Å². The maximum Gasteiger partial charge on any atom is 0.253 e. The lowest BCUT2D eigenvalue weighted by Gasteiger charge is -2.23. The van der Waals surface area contributed by atoms with Crippen molar-refractivity contribution in [2.45, 2.75) is 45.1 Å². The molecule has 0 saturated carbocycles. The molecule has 0 spiro atoms. The fourth-order valence-corrected chi connectivity index (χ4v) is 6.03. The summed E-state index contributed by atoms with van der Waals surface area (Å²) in [4.78, 5) is 30.3. The molecule has 1 fully saturated rings. The normalized spacial score (nSPS) is 15.2. The van der Waals surface area contributed by atoms with Crippen molar-refractivity contribution in [3.8, 4) is 0 Å². The highest BCUT2D eigenvalue weighted by Gasteiger charge is 2.22. The number of nitrogens with one attached hydrogen (secondary N) is 1. The highest BCUT2D eigenvalue weighted by molar-refractivity contribution is 6.31. The van der Waals surface area contributed by atoms with Crippen molar-refractivity contribution in [2.75, 3.05) is 6.61 Å². The van der Waals surface area contributed by atoms with Gasteiger partial charge in [0.15, 0.2) is 6.23 Å². The number of benzene rings is 2. The van der Waals surface area contributed by atoms with Crippen molar-refractivity contribution in [2.24, 2.45) is 0 Å². The van der Waals surface area contributed by atoms with E-state index < -0.39 is 0 Å². The van der Waals surface area contributed by atoms with Crippen LogP contribution in [0.2, 0.25) is 5.02 Å². The van der Waals surface area contributed by atoms with Gasteiger partial charge in [-0.2, -0.15) is 5.10 Å². The molecule has 1 amide bonds. The third kappa shape index (κ3) is 5.64. The molecule has 1 aliphatic rings. The van der Waals surface area contributed by atoms with Crippen LogP contribution in [0.15, 0.2) is 96.2 Å². The number of fused-ring (bicyclic) bond motifs is 2. The number of nitrogens with zero attached hydrogens (tertiary/aromatic N) is 5. The van der Waals surface area contributed by atoms with Gasteiger partial charge in [0, 0.05) is 53.6 Å². The molecule has 1 atom stereocenters. The highest BCUT2D eigenvalue weighted by Crippen LogP contribution is 2.30. The van der Waals surface area contributed by atoms with Crippen LogP contribution in [0.25, 0.3) is 21.9 Å². The predicted molar refractivity (Wildman–Crippen MR) is 170 cm³/mol. The first-order chi connectivity index (χ1) is 21.5. The van der Waals surface area contributed by atoms with Crippen molar-refractivity contribution in [1.29, 1.82) is 0 Å². The highest BCUT2D eigenvalue weighted by atomic mass is 35.5. The smallest absolute Gasteiger partial charge is 0.253 e. The number of hydrogen-bond donors (Lipinski definition) is 1. The van der Waals surface area contributed by atoms with Crippen LogP contribution in [0.3, 0.4) is 0 Å². The van der Waals surface area contributed by atoms with E-state index >= 15 is 0 Å². The Kier molecular flexibility index (Phi) is 7.72. The maximum atomic E-state index is 13.6. The molecule has 4 aromatic heterocycles. The van der Waals surface area contributed by atoms with Crippen LogP contribution in [0.5, 0.6) is 0 Å². The first-order valence-electron chi connectivity index (χ1n) is 14.8. The topological polar surface area (TPSA) is 96.0 Å². The first kappa shape index (κ1) is 28.1. The van der Waals surface area contributed by atoms with E-state index in [1.165, 1.54) is 0 Å². The monoisotopic (exact) mass is 606 g/mol. The minimum absolute atomic E-state index is 0.0316. The molecular formula is C34H31ClN6O3. The lowest BCUT2D eigenvalue weighted by molar-refractivity contribution is -0.0369. The van der Waals surface area contributed by atoms with E-state index in [9.17, 15) is 9.59 Å². The fourth-order valence-electron chi connectivity index (χ4n) is 5.86. The predicted octanol–water partition coefficient (Wildman–Crippen LogP) is 5.93. The fraction of sp³-hybridized carbons (Fsp3) is 0.235. The molecule has 0 bridgehead atoms. The van der Waals surface area contributed by atoms with Crippen LogP contribution in [-0.2, 0) is 24.4 Å². The summed E-state index contributed by atoms with van der Waals surface area (Å²) in [7, 11) is 0. The lowest BCUT2D eigenvalue weighted by Crippen LogP contribution is -2.23. The Hall–Kier alpha value is -4.73. The van der Waals surface area contributed by atoms with Crippen molar-refractivity contribution in [1.82, 2.24) is 29.2 Å². The molecule has 5 heterocycles. The van der Waals surface area contributed by atoms with Gasteiger partial charge in [0.2, 0.25) is 0 Å². The van der Waals surface area contributed by atoms with Crippen molar-refractivity contribution >= 4 is 39.4 Å². The van der Waals surface area contributed by atoms with Gasteiger partial charge in [0.25, 0.3) is 11.5 Å². The average molecular weight is 607 g/mol. The molecule has 222 valence electrons. The van der Waals surface area contributed by atoms with Gasteiger partial charge in [-0.3, -0.25) is 9.59 Å². The van der Waals surface area contributed by atoms with Crippen LogP contribution in [-0.4, -0.2) is 36.4 Å². The molecule has 6 aromatic rings. The minimum atomic E-state index is -0.205. The lowest BCUT2D eigenvalue weighted by atomic mass is 10.1. The molecule has 10 heteroatoms. The number of carbonyl (C=O) groups excluding carboxylic acids is 1.